The number of likely N-dealkylation sites (N-methyl/N-ethyl adjacent to an activating group) is 1. The van der Waals surface area contributed by atoms with E-state index in [1.807, 2.05) is 13.1 Å². The molecule has 1 fully saturated rings. The quantitative estimate of drug-likeness (QED) is 0.643. The molecule has 0 spiro atoms. The van der Waals surface area contributed by atoms with Crippen molar-refractivity contribution in [3.63, 3.8) is 0 Å². The third-order valence-corrected chi connectivity index (χ3v) is 3.97. The van der Waals surface area contributed by atoms with Crippen LogP contribution in [0, 0.1) is 10.1 Å². The Morgan fingerprint density at radius 2 is 2.24 bits per heavy atom. The van der Waals surface area contributed by atoms with Crippen LogP contribution in [0.4, 0.5) is 5.69 Å². The minimum Gasteiger partial charge on any atom is -0.496 e. The molecule has 0 amide bonds. The van der Waals surface area contributed by atoms with Gasteiger partial charge in [-0.1, -0.05) is 6.42 Å². The largest absolute Gasteiger partial charge is 0.496 e. The van der Waals surface area contributed by atoms with Crippen LogP contribution < -0.4 is 10.1 Å². The molecule has 6 nitrogen and oxygen atoms in total. The molecule has 21 heavy (non-hydrogen) atoms. The van der Waals surface area contributed by atoms with Crippen molar-refractivity contribution in [1.29, 1.82) is 0 Å². The molecule has 0 aromatic heterocycles. The highest BCUT2D eigenvalue weighted by atomic mass is 16.6. The highest BCUT2D eigenvalue weighted by Gasteiger charge is 2.22. The van der Waals surface area contributed by atoms with Crippen LogP contribution in [0.25, 0.3) is 0 Å². The first kappa shape index (κ1) is 15.7. The maximum atomic E-state index is 11.0. The SMILES string of the molecule is CNCC1CCCCN1Cc1cc(OC)cc([N+](=O)[O-])c1. The molecule has 1 heterocycles. The van der Waals surface area contributed by atoms with Gasteiger partial charge in [0, 0.05) is 25.2 Å². The molecule has 0 radical (unpaired) electrons. The second-order valence-corrected chi connectivity index (χ2v) is 5.47. The van der Waals surface area contributed by atoms with Gasteiger partial charge < -0.3 is 10.1 Å². The van der Waals surface area contributed by atoms with Gasteiger partial charge in [0.1, 0.15) is 5.75 Å². The van der Waals surface area contributed by atoms with E-state index in [-0.39, 0.29) is 10.6 Å². The van der Waals surface area contributed by atoms with E-state index >= 15 is 0 Å². The van der Waals surface area contributed by atoms with Gasteiger partial charge in [0.15, 0.2) is 0 Å². The van der Waals surface area contributed by atoms with Crippen molar-refractivity contribution in [2.45, 2.75) is 31.8 Å². The van der Waals surface area contributed by atoms with Crippen molar-refractivity contribution in [2.24, 2.45) is 0 Å². The van der Waals surface area contributed by atoms with Crippen molar-refractivity contribution in [3.8, 4) is 5.75 Å². The molecule has 1 N–H and O–H groups in total. The van der Waals surface area contributed by atoms with Crippen LogP contribution in [0.1, 0.15) is 24.8 Å². The number of likely N-dealkylation sites (tertiary alicyclic amines) is 1. The Balaban J connectivity index is 2.16. The van der Waals surface area contributed by atoms with E-state index in [1.54, 1.807) is 6.07 Å². The topological polar surface area (TPSA) is 67.6 Å². The van der Waals surface area contributed by atoms with E-state index in [2.05, 4.69) is 10.2 Å². The number of piperidine rings is 1. The van der Waals surface area contributed by atoms with Gasteiger partial charge in [-0.15, -0.1) is 0 Å². The number of ether oxygens (including phenoxy) is 1. The summed E-state index contributed by atoms with van der Waals surface area (Å²) in [7, 11) is 3.50. The van der Waals surface area contributed by atoms with E-state index in [0.29, 0.717) is 11.8 Å². The number of hydrogen-bond donors (Lipinski definition) is 1. The number of nitrogens with one attached hydrogen (secondary N) is 1. The summed E-state index contributed by atoms with van der Waals surface area (Å²) in [4.78, 5) is 13.0. The first-order chi connectivity index (χ1) is 10.1. The normalized spacial score (nSPS) is 19.4. The summed E-state index contributed by atoms with van der Waals surface area (Å²) in [6, 6.07) is 5.49. The predicted molar refractivity (Wildman–Crippen MR) is 81.6 cm³/mol. The summed E-state index contributed by atoms with van der Waals surface area (Å²) >= 11 is 0. The number of nitrogens with zero attached hydrogens (tertiary/aromatic N) is 2. The Kier molecular flexibility index (Phi) is 5.52. The number of benzene rings is 1. The third kappa shape index (κ3) is 4.15. The summed E-state index contributed by atoms with van der Waals surface area (Å²) in [6.07, 6.45) is 3.61. The fraction of sp³-hybridized carbons (Fsp3) is 0.600. The zero-order valence-corrected chi connectivity index (χ0v) is 12.7. The average Bonchev–Trinajstić information content (AvgIpc) is 2.49. The lowest BCUT2D eigenvalue weighted by molar-refractivity contribution is -0.385. The van der Waals surface area contributed by atoms with Gasteiger partial charge in [0.2, 0.25) is 0 Å². The number of hydrogen-bond acceptors (Lipinski definition) is 5. The lowest BCUT2D eigenvalue weighted by atomic mass is 10.0. The average molecular weight is 293 g/mol. The van der Waals surface area contributed by atoms with Crippen LogP contribution in [-0.4, -0.2) is 43.1 Å². The Morgan fingerprint density at radius 3 is 2.90 bits per heavy atom. The molecule has 0 bridgehead atoms. The zero-order chi connectivity index (χ0) is 15.2. The number of methoxy groups -OCH3 is 1. The van der Waals surface area contributed by atoms with Crippen molar-refractivity contribution >= 4 is 5.69 Å². The van der Waals surface area contributed by atoms with Crippen LogP contribution >= 0.6 is 0 Å². The molecule has 116 valence electrons. The van der Waals surface area contributed by atoms with E-state index in [4.69, 9.17) is 4.74 Å². The molecule has 1 saturated heterocycles. The maximum absolute atomic E-state index is 11.0. The molecule has 1 aromatic rings. The van der Waals surface area contributed by atoms with Gasteiger partial charge in [0.05, 0.1) is 18.1 Å². The number of nitro benzene ring substituents is 1. The molecule has 2 rings (SSSR count). The fourth-order valence-electron chi connectivity index (χ4n) is 2.93. The van der Waals surface area contributed by atoms with Gasteiger partial charge in [-0.3, -0.25) is 15.0 Å². The number of rotatable bonds is 6. The molecular weight excluding hydrogens is 270 g/mol. The van der Waals surface area contributed by atoms with Gasteiger partial charge in [-0.05, 0) is 38.1 Å². The van der Waals surface area contributed by atoms with E-state index in [9.17, 15) is 10.1 Å². The summed E-state index contributed by atoms with van der Waals surface area (Å²) in [5, 5.41) is 14.2. The lowest BCUT2D eigenvalue weighted by Gasteiger charge is -2.35. The summed E-state index contributed by atoms with van der Waals surface area (Å²) in [6.45, 7) is 2.72. The number of nitro groups is 1. The second-order valence-electron chi connectivity index (χ2n) is 5.47. The van der Waals surface area contributed by atoms with Crippen LogP contribution in [0.15, 0.2) is 18.2 Å². The predicted octanol–water partition coefficient (Wildman–Crippen LogP) is 2.18. The Labute approximate surface area is 125 Å². The van der Waals surface area contributed by atoms with E-state index < -0.39 is 0 Å². The smallest absolute Gasteiger partial charge is 0.273 e. The van der Waals surface area contributed by atoms with Crippen molar-refractivity contribution in [2.75, 3.05) is 27.2 Å². The Morgan fingerprint density at radius 1 is 1.43 bits per heavy atom. The molecule has 1 unspecified atom stereocenters. The number of non-ortho nitro benzene ring substituents is 1. The van der Waals surface area contributed by atoms with Crippen LogP contribution in [0.2, 0.25) is 0 Å². The first-order valence-corrected chi connectivity index (χ1v) is 7.35. The van der Waals surface area contributed by atoms with Crippen molar-refractivity contribution in [1.82, 2.24) is 10.2 Å². The Hall–Kier alpha value is -1.66. The summed E-state index contributed by atoms with van der Waals surface area (Å²) in [5.74, 6) is 0.543. The molecule has 1 aromatic carbocycles. The van der Waals surface area contributed by atoms with Crippen LogP contribution in [-0.2, 0) is 6.54 Å². The highest BCUT2D eigenvalue weighted by molar-refractivity contribution is 5.42. The van der Waals surface area contributed by atoms with Crippen LogP contribution in [0.5, 0.6) is 5.75 Å². The highest BCUT2D eigenvalue weighted by Crippen LogP contribution is 2.25. The molecule has 0 saturated carbocycles. The van der Waals surface area contributed by atoms with E-state index in [0.717, 1.165) is 25.2 Å². The van der Waals surface area contributed by atoms with Crippen LogP contribution in [0.3, 0.4) is 0 Å². The zero-order valence-electron chi connectivity index (χ0n) is 12.7. The van der Waals surface area contributed by atoms with Gasteiger partial charge in [-0.2, -0.15) is 0 Å². The monoisotopic (exact) mass is 293 g/mol. The fourth-order valence-corrected chi connectivity index (χ4v) is 2.93. The van der Waals surface area contributed by atoms with E-state index in [1.165, 1.54) is 32.4 Å². The minimum atomic E-state index is -0.368. The van der Waals surface area contributed by atoms with Crippen molar-refractivity contribution < 1.29 is 9.66 Å². The summed E-state index contributed by atoms with van der Waals surface area (Å²) in [5.41, 5.74) is 1.02. The molecule has 1 aliphatic heterocycles. The lowest BCUT2D eigenvalue weighted by Crippen LogP contribution is -2.44. The summed E-state index contributed by atoms with van der Waals surface area (Å²) < 4.78 is 5.17. The minimum absolute atomic E-state index is 0.0894. The second kappa shape index (κ2) is 7.38. The molecule has 1 atom stereocenters. The maximum Gasteiger partial charge on any atom is 0.273 e. The van der Waals surface area contributed by atoms with Crippen molar-refractivity contribution in [3.05, 3.63) is 33.9 Å². The Bertz CT molecular complexity index is 491. The third-order valence-electron chi connectivity index (χ3n) is 3.97. The standard InChI is InChI=1S/C15H23N3O3/c1-16-10-13-5-3-4-6-17(13)11-12-7-14(18(19)20)9-15(8-12)21-2/h7-9,13,16H,3-6,10-11H2,1-2H3. The molecule has 0 aliphatic carbocycles. The molecule has 1 aliphatic rings. The van der Waals surface area contributed by atoms with Gasteiger partial charge in [0.25, 0.3) is 5.69 Å². The first-order valence-electron chi connectivity index (χ1n) is 7.35. The molecular formula is C15H23N3O3. The van der Waals surface area contributed by atoms with Gasteiger partial charge >= 0.3 is 0 Å². The molecule has 6 heteroatoms. The van der Waals surface area contributed by atoms with Gasteiger partial charge in [-0.25, -0.2) is 0 Å².